The van der Waals surface area contributed by atoms with Crippen LogP contribution in [0.1, 0.15) is 0 Å². The van der Waals surface area contributed by atoms with Gasteiger partial charge in [0.05, 0.1) is 0 Å². The SMILES string of the molecule is C[Si](C)(C)N1CC[N+]2=C1SC[Si]2(C)C.[Cl-]. The largest absolute Gasteiger partial charge is 1.00 e. The molecular formula is C9H21ClN2SSi2. The Kier molecular flexibility index (Phi) is 3.71. The summed E-state index contributed by atoms with van der Waals surface area (Å²) in [6.45, 7) is 15.0. The van der Waals surface area contributed by atoms with Crippen LogP contribution in [0.25, 0.3) is 0 Å². The highest BCUT2D eigenvalue weighted by Gasteiger charge is 2.50. The van der Waals surface area contributed by atoms with E-state index in [9.17, 15) is 0 Å². The molecule has 0 aliphatic carbocycles. The first-order valence-electron chi connectivity index (χ1n) is 5.37. The summed E-state index contributed by atoms with van der Waals surface area (Å²) in [5.41, 5.74) is 0. The third-order valence-corrected chi connectivity index (χ3v) is 11.5. The molecule has 6 heteroatoms. The summed E-state index contributed by atoms with van der Waals surface area (Å²) >= 11 is 2.12. The van der Waals surface area contributed by atoms with Crippen LogP contribution in [0.15, 0.2) is 0 Å². The van der Waals surface area contributed by atoms with Crippen LogP contribution < -0.4 is 12.4 Å². The number of hydrogen-bond acceptors (Lipinski definition) is 2. The first-order valence-corrected chi connectivity index (χ1v) is 13.0. The highest BCUT2D eigenvalue weighted by Crippen LogP contribution is 2.31. The quantitative estimate of drug-likeness (QED) is 0.569. The minimum absolute atomic E-state index is 0. The maximum absolute atomic E-state index is 2.75. The molecule has 2 heterocycles. The lowest BCUT2D eigenvalue weighted by Crippen LogP contribution is -3.00. The summed E-state index contributed by atoms with van der Waals surface area (Å²) in [5, 5.41) is 3.02. The maximum Gasteiger partial charge on any atom is 0.279 e. The van der Waals surface area contributed by atoms with Gasteiger partial charge in [-0.2, -0.15) is 0 Å². The van der Waals surface area contributed by atoms with Gasteiger partial charge in [-0.05, 0) is 44.5 Å². The molecule has 0 aromatic heterocycles. The molecule has 2 aliphatic heterocycles. The Labute approximate surface area is 106 Å². The summed E-state index contributed by atoms with van der Waals surface area (Å²) in [6.07, 6.45) is 0. The fourth-order valence-electron chi connectivity index (χ4n) is 2.20. The molecule has 0 unspecified atom stereocenters. The summed E-state index contributed by atoms with van der Waals surface area (Å²) < 4.78 is 5.47. The molecule has 2 aliphatic rings. The first kappa shape index (κ1) is 13.6. The average molecular weight is 281 g/mol. The molecule has 15 heavy (non-hydrogen) atoms. The molecule has 0 bridgehead atoms. The Bertz CT molecular complexity index is 299. The standard InChI is InChI=1S/C9H21N2SSi2.ClH/c1-13(2,3)10-6-7-11-9(10)12-8-14(11,4)5;/h6-8H2,1-5H3;1H/q+1;/p-1. The molecule has 88 valence electrons. The molecule has 2 rings (SSSR count). The highest BCUT2D eigenvalue weighted by molar-refractivity contribution is 8.15. The molecule has 0 radical (unpaired) electrons. The summed E-state index contributed by atoms with van der Waals surface area (Å²) in [5.74, 6) is 0. The highest BCUT2D eigenvalue weighted by atomic mass is 35.5. The Morgan fingerprint density at radius 3 is 2.47 bits per heavy atom. The molecule has 0 fully saturated rings. The van der Waals surface area contributed by atoms with Gasteiger partial charge in [0.25, 0.3) is 21.6 Å². The predicted molar refractivity (Wildman–Crippen MR) is 70.1 cm³/mol. The minimum Gasteiger partial charge on any atom is -1.00 e. The van der Waals surface area contributed by atoms with E-state index in [1.165, 1.54) is 18.5 Å². The van der Waals surface area contributed by atoms with E-state index < -0.39 is 16.5 Å². The fraction of sp³-hybridized carbons (Fsp3) is 0.889. The van der Waals surface area contributed by atoms with Crippen molar-refractivity contribution in [2.24, 2.45) is 0 Å². The lowest BCUT2D eigenvalue weighted by molar-refractivity contribution is -0.381. The lowest BCUT2D eigenvalue weighted by Gasteiger charge is -2.24. The van der Waals surface area contributed by atoms with Gasteiger partial charge in [-0.3, -0.25) is 0 Å². The molecule has 0 N–H and O–H groups in total. The summed E-state index contributed by atoms with van der Waals surface area (Å²) in [4.78, 5) is 0. The molecule has 2 nitrogen and oxygen atoms in total. The van der Waals surface area contributed by atoms with E-state index in [2.05, 4.69) is 53.3 Å². The second kappa shape index (κ2) is 4.09. The van der Waals surface area contributed by atoms with Gasteiger partial charge in [0.2, 0.25) is 0 Å². The molecule has 0 atom stereocenters. The normalized spacial score (nSPS) is 24.2. The van der Waals surface area contributed by atoms with Crippen molar-refractivity contribution >= 4 is 33.4 Å². The van der Waals surface area contributed by atoms with Crippen LogP contribution in [0.3, 0.4) is 0 Å². The van der Waals surface area contributed by atoms with Gasteiger partial charge in [0, 0.05) is 5.38 Å². The topological polar surface area (TPSA) is 6.25 Å². The van der Waals surface area contributed by atoms with Crippen LogP contribution in [0.2, 0.25) is 32.7 Å². The third-order valence-electron chi connectivity index (χ3n) is 3.10. The maximum atomic E-state index is 2.75. The van der Waals surface area contributed by atoms with E-state index in [0.717, 1.165) is 0 Å². The minimum atomic E-state index is -1.12. The number of halogens is 1. The number of thioether (sulfide) groups is 1. The van der Waals surface area contributed by atoms with E-state index in [4.69, 9.17) is 0 Å². The van der Waals surface area contributed by atoms with Gasteiger partial charge >= 0.3 is 0 Å². The van der Waals surface area contributed by atoms with Crippen LogP contribution in [0, 0.1) is 0 Å². The van der Waals surface area contributed by atoms with Gasteiger partial charge in [-0.15, -0.1) is 0 Å². The van der Waals surface area contributed by atoms with Crippen molar-refractivity contribution in [1.29, 1.82) is 0 Å². The van der Waals surface area contributed by atoms with Crippen LogP contribution in [0.4, 0.5) is 0 Å². The Balaban J connectivity index is 0.00000112. The van der Waals surface area contributed by atoms with Crippen molar-refractivity contribution in [3.05, 3.63) is 0 Å². The molecule has 0 saturated heterocycles. The molecule has 0 aromatic rings. The molecule has 0 saturated carbocycles. The summed E-state index contributed by atoms with van der Waals surface area (Å²) in [7, 11) is -2.17. The van der Waals surface area contributed by atoms with Crippen molar-refractivity contribution in [1.82, 2.24) is 4.57 Å². The summed E-state index contributed by atoms with van der Waals surface area (Å²) in [6, 6.07) is 0. The number of rotatable bonds is 1. The van der Waals surface area contributed by atoms with Crippen molar-refractivity contribution in [3.63, 3.8) is 0 Å². The lowest BCUT2D eigenvalue weighted by atomic mass is 10.7. The molecule has 0 amide bonds. The van der Waals surface area contributed by atoms with Gasteiger partial charge in [0.15, 0.2) is 0 Å². The zero-order chi connectivity index (χ0) is 10.6. The van der Waals surface area contributed by atoms with Gasteiger partial charge in [-0.1, -0.05) is 0 Å². The van der Waals surface area contributed by atoms with Crippen molar-refractivity contribution in [2.75, 3.05) is 18.5 Å². The van der Waals surface area contributed by atoms with Crippen molar-refractivity contribution < 1.29 is 16.6 Å². The van der Waals surface area contributed by atoms with E-state index in [1.54, 1.807) is 5.17 Å². The molecule has 0 spiro atoms. The van der Waals surface area contributed by atoms with E-state index in [-0.39, 0.29) is 12.4 Å². The van der Waals surface area contributed by atoms with Gasteiger partial charge in [0.1, 0.15) is 13.1 Å². The zero-order valence-corrected chi connectivity index (χ0v) is 13.9. The van der Waals surface area contributed by atoms with E-state index >= 15 is 0 Å². The number of amidine groups is 1. The molecular weight excluding hydrogens is 260 g/mol. The van der Waals surface area contributed by atoms with Crippen LogP contribution in [0.5, 0.6) is 0 Å². The van der Waals surface area contributed by atoms with Gasteiger partial charge in [-0.25, -0.2) is 0 Å². The number of hydrogen-bond donors (Lipinski definition) is 0. The van der Waals surface area contributed by atoms with Crippen LogP contribution in [-0.2, 0) is 0 Å². The number of nitrogens with zero attached hydrogens (tertiary/aromatic N) is 2. The molecule has 0 aromatic carbocycles. The van der Waals surface area contributed by atoms with Crippen LogP contribution >= 0.6 is 11.8 Å². The Morgan fingerprint density at radius 2 is 1.93 bits per heavy atom. The van der Waals surface area contributed by atoms with Crippen molar-refractivity contribution in [2.45, 2.75) is 32.7 Å². The smallest absolute Gasteiger partial charge is 0.279 e. The second-order valence-corrected chi connectivity index (χ2v) is 16.7. The van der Waals surface area contributed by atoms with Crippen molar-refractivity contribution in [3.8, 4) is 0 Å². The predicted octanol–water partition coefficient (Wildman–Crippen LogP) is -0.999. The fourth-order valence-corrected chi connectivity index (χ4v) is 10.1. The first-order chi connectivity index (χ1) is 6.32. The second-order valence-electron chi connectivity index (χ2n) is 5.86. The monoisotopic (exact) mass is 280 g/mol. The zero-order valence-electron chi connectivity index (χ0n) is 10.3. The average Bonchev–Trinajstić information content (AvgIpc) is 2.51. The van der Waals surface area contributed by atoms with Gasteiger partial charge < -0.3 is 21.2 Å². The van der Waals surface area contributed by atoms with Crippen LogP contribution in [-0.4, -0.2) is 48.9 Å². The Morgan fingerprint density at radius 1 is 1.33 bits per heavy atom. The third kappa shape index (κ3) is 2.30. The van der Waals surface area contributed by atoms with E-state index in [0.29, 0.717) is 0 Å². The van der Waals surface area contributed by atoms with E-state index in [1.807, 2.05) is 0 Å². The Hall–Kier alpha value is 0.544.